The van der Waals surface area contributed by atoms with Gasteiger partial charge in [-0.25, -0.2) is 0 Å². The molecule has 3 unspecified atom stereocenters. The van der Waals surface area contributed by atoms with Crippen LogP contribution in [0.1, 0.15) is 46.1 Å². The summed E-state index contributed by atoms with van der Waals surface area (Å²) >= 11 is 3.27. The molecule has 8 heteroatoms. The molecule has 6 nitrogen and oxygen atoms in total. The largest absolute Gasteiger partial charge is 0.392 e. The summed E-state index contributed by atoms with van der Waals surface area (Å²) in [5.41, 5.74) is 9.75. The van der Waals surface area contributed by atoms with E-state index in [1.165, 1.54) is 0 Å². The molecule has 1 saturated heterocycles. The molecule has 2 heterocycles. The Morgan fingerprint density at radius 3 is 2.37 bits per heavy atom. The molecule has 30 heavy (non-hydrogen) atoms. The van der Waals surface area contributed by atoms with Gasteiger partial charge in [-0.2, -0.15) is 0 Å². The van der Waals surface area contributed by atoms with Crippen molar-refractivity contribution in [2.24, 2.45) is 5.73 Å². The first-order valence-electron chi connectivity index (χ1n) is 9.87. The zero-order valence-electron chi connectivity index (χ0n) is 16.7. The molecule has 3 aromatic rings. The third kappa shape index (κ3) is 5.26. The SMILES string of the molecule is Cc1nnc(SCC2CC(c3ccc(CO)cc3)OC(c3ccc(CN)cc3)O2)s1. The number of ether oxygens (including phenoxy) is 2. The Labute approximate surface area is 184 Å². The summed E-state index contributed by atoms with van der Waals surface area (Å²) in [5.74, 6) is 0.778. The third-order valence-corrected chi connectivity index (χ3v) is 7.11. The van der Waals surface area contributed by atoms with E-state index in [4.69, 9.17) is 15.2 Å². The molecular formula is C22H25N3O3S2. The number of aryl methyl sites for hydroxylation is 1. The maximum atomic E-state index is 9.32. The molecule has 0 radical (unpaired) electrons. The second-order valence-electron chi connectivity index (χ2n) is 7.19. The van der Waals surface area contributed by atoms with E-state index in [1.54, 1.807) is 23.1 Å². The van der Waals surface area contributed by atoms with Gasteiger partial charge in [-0.15, -0.1) is 10.2 Å². The minimum absolute atomic E-state index is 0.00894. The molecule has 0 saturated carbocycles. The molecule has 2 aromatic carbocycles. The molecule has 1 aliphatic rings. The first-order valence-corrected chi connectivity index (χ1v) is 11.7. The highest BCUT2D eigenvalue weighted by Gasteiger charge is 2.32. The van der Waals surface area contributed by atoms with Crippen molar-refractivity contribution in [2.75, 3.05) is 5.75 Å². The van der Waals surface area contributed by atoms with Crippen LogP contribution < -0.4 is 5.73 Å². The van der Waals surface area contributed by atoms with Gasteiger partial charge in [0.2, 0.25) is 0 Å². The molecule has 4 rings (SSSR count). The number of hydrogen-bond acceptors (Lipinski definition) is 8. The second-order valence-corrected chi connectivity index (χ2v) is 9.64. The van der Waals surface area contributed by atoms with Gasteiger partial charge in [-0.3, -0.25) is 0 Å². The highest BCUT2D eigenvalue weighted by Crippen LogP contribution is 2.39. The lowest BCUT2D eigenvalue weighted by molar-refractivity contribution is -0.245. The van der Waals surface area contributed by atoms with Crippen molar-refractivity contribution in [1.82, 2.24) is 10.2 Å². The Morgan fingerprint density at radius 2 is 1.73 bits per heavy atom. The van der Waals surface area contributed by atoms with E-state index in [0.717, 1.165) is 43.8 Å². The van der Waals surface area contributed by atoms with E-state index in [1.807, 2.05) is 55.5 Å². The van der Waals surface area contributed by atoms with E-state index in [0.29, 0.717) is 6.54 Å². The summed E-state index contributed by atoms with van der Waals surface area (Å²) < 4.78 is 13.6. The fourth-order valence-electron chi connectivity index (χ4n) is 3.33. The van der Waals surface area contributed by atoms with Crippen LogP contribution in [0.4, 0.5) is 0 Å². The molecule has 0 amide bonds. The van der Waals surface area contributed by atoms with Gasteiger partial charge in [0.1, 0.15) is 5.01 Å². The van der Waals surface area contributed by atoms with Crippen LogP contribution in [0.25, 0.3) is 0 Å². The molecule has 1 aromatic heterocycles. The van der Waals surface area contributed by atoms with Gasteiger partial charge in [0, 0.05) is 24.3 Å². The van der Waals surface area contributed by atoms with Crippen LogP contribution in [-0.4, -0.2) is 27.2 Å². The molecule has 3 atom stereocenters. The molecule has 3 N–H and O–H groups in total. The Balaban J connectivity index is 1.52. The van der Waals surface area contributed by atoms with Crippen molar-refractivity contribution < 1.29 is 14.6 Å². The molecule has 1 aliphatic heterocycles. The number of aromatic nitrogens is 2. The molecular weight excluding hydrogens is 418 g/mol. The molecule has 0 spiro atoms. The average molecular weight is 444 g/mol. The maximum absolute atomic E-state index is 9.32. The third-order valence-electron chi connectivity index (χ3n) is 5.00. The molecule has 0 aliphatic carbocycles. The van der Waals surface area contributed by atoms with Gasteiger partial charge in [0.15, 0.2) is 10.6 Å². The predicted molar refractivity (Wildman–Crippen MR) is 118 cm³/mol. The van der Waals surface area contributed by atoms with Crippen LogP contribution in [-0.2, 0) is 22.6 Å². The number of thioether (sulfide) groups is 1. The molecule has 1 fully saturated rings. The summed E-state index contributed by atoms with van der Waals surface area (Å²) in [4.78, 5) is 0. The second kappa shape index (κ2) is 10.00. The summed E-state index contributed by atoms with van der Waals surface area (Å²) in [7, 11) is 0. The Hall–Kier alpha value is -1.81. The standard InChI is InChI=1S/C22H25N3O3S2/c1-14-24-25-22(30-14)29-13-19-10-20(17-6-4-16(12-26)5-7-17)28-21(27-19)18-8-2-15(11-23)3-9-18/h2-9,19-21,26H,10-13,23H2,1H3. The van der Waals surface area contributed by atoms with E-state index in [-0.39, 0.29) is 18.8 Å². The Morgan fingerprint density at radius 1 is 1.03 bits per heavy atom. The van der Waals surface area contributed by atoms with Crippen LogP contribution in [0.15, 0.2) is 52.9 Å². The fourth-order valence-corrected chi connectivity index (χ4v) is 5.19. The van der Waals surface area contributed by atoms with Gasteiger partial charge in [-0.05, 0) is 23.6 Å². The van der Waals surface area contributed by atoms with Gasteiger partial charge in [0.05, 0.1) is 18.8 Å². The lowest BCUT2D eigenvalue weighted by Crippen LogP contribution is -2.31. The van der Waals surface area contributed by atoms with Gasteiger partial charge in [0.25, 0.3) is 0 Å². The van der Waals surface area contributed by atoms with Crippen LogP contribution in [0, 0.1) is 6.92 Å². The number of aliphatic hydroxyl groups excluding tert-OH is 1. The summed E-state index contributed by atoms with van der Waals surface area (Å²) in [6.45, 7) is 2.50. The summed E-state index contributed by atoms with van der Waals surface area (Å²) in [5, 5.41) is 18.6. The van der Waals surface area contributed by atoms with Gasteiger partial charge in [-0.1, -0.05) is 71.6 Å². The summed E-state index contributed by atoms with van der Waals surface area (Å²) in [6, 6.07) is 16.0. The number of hydrogen-bond donors (Lipinski definition) is 2. The van der Waals surface area contributed by atoms with E-state index in [2.05, 4.69) is 10.2 Å². The van der Waals surface area contributed by atoms with Crippen LogP contribution >= 0.6 is 23.1 Å². The minimum Gasteiger partial charge on any atom is -0.392 e. The highest BCUT2D eigenvalue weighted by molar-refractivity contribution is 8.01. The normalized spacial score (nSPS) is 21.6. The number of benzene rings is 2. The van der Waals surface area contributed by atoms with Crippen molar-refractivity contribution in [3.05, 3.63) is 75.8 Å². The van der Waals surface area contributed by atoms with E-state index < -0.39 is 6.29 Å². The first-order chi connectivity index (χ1) is 14.6. The maximum Gasteiger partial charge on any atom is 0.184 e. The summed E-state index contributed by atoms with van der Waals surface area (Å²) in [6.07, 6.45) is 0.220. The number of rotatable bonds is 7. The van der Waals surface area contributed by atoms with Gasteiger partial charge >= 0.3 is 0 Å². The lowest BCUT2D eigenvalue weighted by Gasteiger charge is -2.36. The van der Waals surface area contributed by atoms with Crippen molar-refractivity contribution >= 4 is 23.1 Å². The molecule has 0 bridgehead atoms. The van der Waals surface area contributed by atoms with Crippen LogP contribution in [0.5, 0.6) is 0 Å². The minimum atomic E-state index is -0.449. The smallest absolute Gasteiger partial charge is 0.184 e. The number of nitrogens with two attached hydrogens (primary N) is 1. The number of nitrogens with zero attached hydrogens (tertiary/aromatic N) is 2. The first kappa shape index (κ1) is 21.4. The van der Waals surface area contributed by atoms with Crippen LogP contribution in [0.3, 0.4) is 0 Å². The monoisotopic (exact) mass is 443 g/mol. The van der Waals surface area contributed by atoms with E-state index >= 15 is 0 Å². The Kier molecular flexibility index (Phi) is 7.14. The topological polar surface area (TPSA) is 90.5 Å². The highest BCUT2D eigenvalue weighted by atomic mass is 32.2. The van der Waals surface area contributed by atoms with Crippen molar-refractivity contribution in [1.29, 1.82) is 0 Å². The lowest BCUT2D eigenvalue weighted by atomic mass is 10.0. The van der Waals surface area contributed by atoms with Gasteiger partial charge < -0.3 is 20.3 Å². The zero-order valence-corrected chi connectivity index (χ0v) is 18.4. The molecule has 158 valence electrons. The van der Waals surface area contributed by atoms with E-state index in [9.17, 15) is 5.11 Å². The fraction of sp³-hybridized carbons (Fsp3) is 0.364. The zero-order chi connectivity index (χ0) is 20.9. The Bertz CT molecular complexity index is 892. The number of aliphatic hydroxyl groups is 1. The van der Waals surface area contributed by atoms with Crippen molar-refractivity contribution in [3.63, 3.8) is 0 Å². The van der Waals surface area contributed by atoms with Crippen molar-refractivity contribution in [3.8, 4) is 0 Å². The quantitative estimate of drug-likeness (QED) is 0.531. The van der Waals surface area contributed by atoms with Crippen molar-refractivity contribution in [2.45, 2.75) is 49.3 Å². The average Bonchev–Trinajstić information content (AvgIpc) is 3.22. The predicted octanol–water partition coefficient (Wildman–Crippen LogP) is 4.14. The van der Waals surface area contributed by atoms with Crippen LogP contribution in [0.2, 0.25) is 0 Å².